The molecular formula is C32H31ClN4O5. The Bertz CT molecular complexity index is 1500. The molecule has 0 aliphatic rings. The van der Waals surface area contributed by atoms with Gasteiger partial charge in [0.05, 0.1) is 6.04 Å². The zero-order valence-electron chi connectivity index (χ0n) is 22.8. The number of amidine groups is 1. The highest BCUT2D eigenvalue weighted by Gasteiger charge is 2.29. The Kier molecular flexibility index (Phi) is 11.6. The molecule has 4 aromatic rings. The van der Waals surface area contributed by atoms with E-state index in [-0.39, 0.29) is 18.3 Å². The Balaban J connectivity index is 0.00000155. The molecule has 0 bridgehead atoms. The van der Waals surface area contributed by atoms with Crippen molar-refractivity contribution in [3.63, 3.8) is 0 Å². The number of hydrogen-bond donors (Lipinski definition) is 5. The van der Waals surface area contributed by atoms with E-state index in [0.29, 0.717) is 34.2 Å². The minimum Gasteiger partial charge on any atom is -0.489 e. The van der Waals surface area contributed by atoms with Gasteiger partial charge in [0.25, 0.3) is 6.47 Å². The zero-order chi connectivity index (χ0) is 30.5. The van der Waals surface area contributed by atoms with Gasteiger partial charge in [0.1, 0.15) is 24.1 Å². The Morgan fingerprint density at radius 3 is 2.17 bits per heavy atom. The van der Waals surface area contributed by atoms with E-state index in [2.05, 4.69) is 10.6 Å². The minimum absolute atomic E-state index is 0.0656. The molecule has 2 unspecified atom stereocenters. The number of amides is 2. The van der Waals surface area contributed by atoms with Gasteiger partial charge in [-0.25, -0.2) is 0 Å². The van der Waals surface area contributed by atoms with Crippen LogP contribution in [0.15, 0.2) is 103 Å². The number of carbonyl (C=O) groups excluding carboxylic acids is 2. The van der Waals surface area contributed by atoms with Crippen LogP contribution in [-0.2, 0) is 21.0 Å². The van der Waals surface area contributed by atoms with Crippen LogP contribution in [0.4, 0.5) is 5.69 Å². The molecule has 0 saturated carbocycles. The lowest BCUT2D eigenvalue weighted by atomic mass is 9.96. The summed E-state index contributed by atoms with van der Waals surface area (Å²) in [5.41, 5.74) is 8.95. The van der Waals surface area contributed by atoms with E-state index in [4.69, 9.17) is 37.4 Å². The second kappa shape index (κ2) is 15.6. The molecule has 0 aliphatic heterocycles. The third-order valence-electron chi connectivity index (χ3n) is 6.15. The second-order valence-electron chi connectivity index (χ2n) is 9.15. The van der Waals surface area contributed by atoms with Gasteiger partial charge in [-0.15, -0.1) is 0 Å². The molecule has 0 fully saturated rings. The van der Waals surface area contributed by atoms with E-state index in [9.17, 15) is 9.59 Å². The predicted molar refractivity (Wildman–Crippen MR) is 163 cm³/mol. The quantitative estimate of drug-likeness (QED) is 0.0715. The van der Waals surface area contributed by atoms with Gasteiger partial charge in [0, 0.05) is 16.3 Å². The summed E-state index contributed by atoms with van der Waals surface area (Å²) < 4.78 is 5.85. The molecule has 9 nitrogen and oxygen atoms in total. The summed E-state index contributed by atoms with van der Waals surface area (Å²) in [6.45, 7) is 2.00. The fourth-order valence-corrected chi connectivity index (χ4v) is 4.25. The number of nitrogen functional groups attached to an aromatic ring is 1. The van der Waals surface area contributed by atoms with Crippen LogP contribution in [0.25, 0.3) is 0 Å². The van der Waals surface area contributed by atoms with E-state index in [1.807, 2.05) is 61.5 Å². The number of nitrogens with one attached hydrogen (secondary N) is 3. The molecule has 2 amide bonds. The number of ether oxygens (including phenoxy) is 1. The summed E-state index contributed by atoms with van der Waals surface area (Å²) in [5.74, 6) is -1.33. The molecule has 0 heterocycles. The minimum atomic E-state index is -1.07. The fraction of sp³-hybridized carbons (Fsp3) is 0.125. The summed E-state index contributed by atoms with van der Waals surface area (Å²) >= 11 is 6.03. The van der Waals surface area contributed by atoms with Crippen LogP contribution >= 0.6 is 11.6 Å². The molecule has 42 heavy (non-hydrogen) atoms. The number of nitrogens with two attached hydrogens (primary N) is 1. The van der Waals surface area contributed by atoms with Crippen molar-refractivity contribution in [1.29, 1.82) is 5.41 Å². The van der Waals surface area contributed by atoms with E-state index >= 15 is 0 Å². The van der Waals surface area contributed by atoms with Crippen molar-refractivity contribution >= 4 is 41.4 Å². The average Bonchev–Trinajstić information content (AvgIpc) is 2.98. The first kappa shape index (κ1) is 31.4. The van der Waals surface area contributed by atoms with Crippen LogP contribution in [0.1, 0.15) is 41.1 Å². The van der Waals surface area contributed by atoms with Crippen LogP contribution < -0.4 is 21.1 Å². The fourth-order valence-electron chi connectivity index (χ4n) is 4.04. The van der Waals surface area contributed by atoms with Crippen molar-refractivity contribution in [1.82, 2.24) is 5.32 Å². The van der Waals surface area contributed by atoms with Crippen molar-refractivity contribution in [3.05, 3.63) is 130 Å². The standard InChI is InChI=1S/C31H29ClN4O3.CH2O2/c1-20(22-12-16-27(17-13-22)39-19-21-6-5-9-25(32)18-21)35-30(37)28(23-7-3-2-4-8-23)31(38)36-26-14-10-24(11-15-26)29(33)34;2-1-3/h2-18,20,28H,19H2,1H3,(H3,33,34)(H,35,37)(H,36,38);1H,(H,2,3). The maximum atomic E-state index is 13.4. The van der Waals surface area contributed by atoms with Crippen molar-refractivity contribution < 1.29 is 24.2 Å². The Morgan fingerprint density at radius 2 is 1.57 bits per heavy atom. The van der Waals surface area contributed by atoms with Crippen molar-refractivity contribution in [3.8, 4) is 5.75 Å². The first-order chi connectivity index (χ1) is 20.2. The van der Waals surface area contributed by atoms with Gasteiger partial charge in [0.2, 0.25) is 11.8 Å². The average molecular weight is 587 g/mol. The number of anilines is 1. The van der Waals surface area contributed by atoms with Crippen molar-refractivity contribution in [2.45, 2.75) is 25.5 Å². The third-order valence-corrected chi connectivity index (χ3v) is 6.39. The van der Waals surface area contributed by atoms with E-state index < -0.39 is 17.7 Å². The molecular weight excluding hydrogens is 556 g/mol. The maximum Gasteiger partial charge on any atom is 0.290 e. The molecule has 0 radical (unpaired) electrons. The highest BCUT2D eigenvalue weighted by atomic mass is 35.5. The van der Waals surface area contributed by atoms with Gasteiger partial charge < -0.3 is 26.2 Å². The summed E-state index contributed by atoms with van der Waals surface area (Å²) in [4.78, 5) is 35.0. The topological polar surface area (TPSA) is 155 Å². The monoisotopic (exact) mass is 586 g/mol. The Labute approximate surface area is 248 Å². The lowest BCUT2D eigenvalue weighted by Gasteiger charge is -2.21. The molecule has 4 aromatic carbocycles. The van der Waals surface area contributed by atoms with Gasteiger partial charge >= 0.3 is 0 Å². The normalized spacial score (nSPS) is 11.6. The van der Waals surface area contributed by atoms with E-state index in [1.165, 1.54) is 0 Å². The second-order valence-corrected chi connectivity index (χ2v) is 9.58. The molecule has 216 valence electrons. The number of hydrogen-bond acceptors (Lipinski definition) is 5. The molecule has 4 rings (SSSR count). The first-order valence-electron chi connectivity index (χ1n) is 12.9. The number of benzene rings is 4. The van der Waals surface area contributed by atoms with E-state index in [0.717, 1.165) is 11.1 Å². The van der Waals surface area contributed by atoms with Crippen LogP contribution in [0, 0.1) is 5.41 Å². The van der Waals surface area contributed by atoms with E-state index in [1.54, 1.807) is 48.5 Å². The Morgan fingerprint density at radius 1 is 0.929 bits per heavy atom. The van der Waals surface area contributed by atoms with Gasteiger partial charge in [-0.05, 0) is 72.1 Å². The molecule has 0 saturated heterocycles. The molecule has 2 atom stereocenters. The van der Waals surface area contributed by atoms with Crippen LogP contribution in [0.2, 0.25) is 5.02 Å². The summed E-state index contributed by atoms with van der Waals surface area (Å²) in [5, 5.41) is 20.8. The summed E-state index contributed by atoms with van der Waals surface area (Å²) in [6.07, 6.45) is 0. The largest absolute Gasteiger partial charge is 0.489 e. The molecule has 0 spiro atoms. The summed E-state index contributed by atoms with van der Waals surface area (Å²) in [6, 6.07) is 30.1. The smallest absolute Gasteiger partial charge is 0.290 e. The molecule has 0 aliphatic carbocycles. The summed E-state index contributed by atoms with van der Waals surface area (Å²) in [7, 11) is 0. The van der Waals surface area contributed by atoms with Gasteiger partial charge in [-0.3, -0.25) is 19.8 Å². The van der Waals surface area contributed by atoms with Crippen LogP contribution in [0.3, 0.4) is 0 Å². The number of carbonyl (C=O) groups is 3. The Hall–Kier alpha value is -5.15. The van der Waals surface area contributed by atoms with Crippen LogP contribution in [-0.4, -0.2) is 29.2 Å². The lowest BCUT2D eigenvalue weighted by molar-refractivity contribution is -0.129. The van der Waals surface area contributed by atoms with Crippen LogP contribution in [0.5, 0.6) is 5.75 Å². The highest BCUT2D eigenvalue weighted by Crippen LogP contribution is 2.23. The number of rotatable bonds is 10. The van der Waals surface area contributed by atoms with Gasteiger partial charge in [0.15, 0.2) is 0 Å². The van der Waals surface area contributed by atoms with Gasteiger partial charge in [-0.1, -0.05) is 66.2 Å². The molecule has 0 aromatic heterocycles. The van der Waals surface area contributed by atoms with Gasteiger partial charge in [-0.2, -0.15) is 0 Å². The predicted octanol–water partition coefficient (Wildman–Crippen LogP) is 5.50. The maximum absolute atomic E-state index is 13.4. The molecule has 6 N–H and O–H groups in total. The highest BCUT2D eigenvalue weighted by molar-refractivity contribution is 6.30. The molecule has 10 heteroatoms. The van der Waals surface area contributed by atoms with Crippen molar-refractivity contribution in [2.24, 2.45) is 5.73 Å². The first-order valence-corrected chi connectivity index (χ1v) is 13.2. The SMILES string of the molecule is CC(NC(=O)C(C(=O)Nc1ccc(C(=N)N)cc1)c1ccccc1)c1ccc(OCc2cccc(Cl)c2)cc1.O=CO. The lowest BCUT2D eigenvalue weighted by Crippen LogP contribution is -2.37. The van der Waals surface area contributed by atoms with Crippen molar-refractivity contribution in [2.75, 3.05) is 5.32 Å². The third kappa shape index (κ3) is 9.21. The number of halogens is 1. The number of carboxylic acid groups (broad SMARTS) is 1. The zero-order valence-corrected chi connectivity index (χ0v) is 23.5.